The van der Waals surface area contributed by atoms with Gasteiger partial charge in [0.25, 0.3) is 0 Å². The molecular weight excluding hydrogens is 256 g/mol. The molecule has 0 aliphatic rings. The fourth-order valence-electron chi connectivity index (χ4n) is 1.70. The first-order chi connectivity index (χ1) is 9.79. The van der Waals surface area contributed by atoms with E-state index in [0.717, 1.165) is 31.3 Å². The van der Waals surface area contributed by atoms with Gasteiger partial charge in [0.15, 0.2) is 5.82 Å². The van der Waals surface area contributed by atoms with Crippen LogP contribution in [0.25, 0.3) is 0 Å². The predicted molar refractivity (Wildman–Crippen MR) is 75.4 cm³/mol. The maximum Gasteiger partial charge on any atom is 0.170 e. The SMILES string of the molecule is COCCNCc1ccc(OCc2nncn2C)cc1. The molecule has 0 fully saturated rings. The van der Waals surface area contributed by atoms with Crippen LogP contribution in [0.5, 0.6) is 5.75 Å². The smallest absolute Gasteiger partial charge is 0.170 e. The van der Waals surface area contributed by atoms with Crippen LogP contribution >= 0.6 is 0 Å². The van der Waals surface area contributed by atoms with Crippen molar-refractivity contribution in [1.29, 1.82) is 0 Å². The molecule has 1 aromatic carbocycles. The number of benzene rings is 1. The van der Waals surface area contributed by atoms with Crippen LogP contribution in [0.3, 0.4) is 0 Å². The molecule has 2 aromatic rings. The van der Waals surface area contributed by atoms with E-state index in [4.69, 9.17) is 9.47 Å². The van der Waals surface area contributed by atoms with Crippen molar-refractivity contribution >= 4 is 0 Å². The van der Waals surface area contributed by atoms with Gasteiger partial charge in [-0.3, -0.25) is 0 Å². The molecule has 0 bridgehead atoms. The number of ether oxygens (including phenoxy) is 2. The highest BCUT2D eigenvalue weighted by Gasteiger charge is 2.02. The van der Waals surface area contributed by atoms with Crippen LogP contribution in [0.15, 0.2) is 30.6 Å². The second-order valence-electron chi connectivity index (χ2n) is 4.46. The molecule has 2 rings (SSSR count). The fraction of sp³-hybridized carbons (Fsp3) is 0.429. The minimum absolute atomic E-state index is 0.419. The highest BCUT2D eigenvalue weighted by atomic mass is 16.5. The first kappa shape index (κ1) is 14.5. The summed E-state index contributed by atoms with van der Waals surface area (Å²) in [4.78, 5) is 0. The molecule has 108 valence electrons. The van der Waals surface area contributed by atoms with Crippen LogP contribution in [0.4, 0.5) is 0 Å². The normalized spacial score (nSPS) is 10.7. The number of aromatic nitrogens is 3. The van der Waals surface area contributed by atoms with Crippen molar-refractivity contribution in [1.82, 2.24) is 20.1 Å². The predicted octanol–water partition coefficient (Wildman–Crippen LogP) is 1.13. The monoisotopic (exact) mass is 276 g/mol. The molecule has 20 heavy (non-hydrogen) atoms. The van der Waals surface area contributed by atoms with E-state index < -0.39 is 0 Å². The Labute approximate surface area is 118 Å². The van der Waals surface area contributed by atoms with E-state index in [1.165, 1.54) is 5.56 Å². The summed E-state index contributed by atoms with van der Waals surface area (Å²) in [5.41, 5.74) is 1.21. The zero-order valence-electron chi connectivity index (χ0n) is 11.9. The second kappa shape index (κ2) is 7.62. The molecule has 0 atom stereocenters. The zero-order valence-corrected chi connectivity index (χ0v) is 11.9. The standard InChI is InChI=1S/C14H20N4O2/c1-18-11-16-17-14(18)10-20-13-5-3-12(4-6-13)9-15-7-8-19-2/h3-6,11,15H,7-10H2,1-2H3. The van der Waals surface area contributed by atoms with Gasteiger partial charge in [0, 0.05) is 27.2 Å². The molecule has 0 saturated carbocycles. The summed E-state index contributed by atoms with van der Waals surface area (Å²) in [5, 5.41) is 11.1. The van der Waals surface area contributed by atoms with Gasteiger partial charge in [-0.25, -0.2) is 0 Å². The first-order valence-electron chi connectivity index (χ1n) is 6.54. The number of nitrogens with zero attached hydrogens (tertiary/aromatic N) is 3. The Balaban J connectivity index is 1.78. The fourth-order valence-corrected chi connectivity index (χ4v) is 1.70. The molecule has 0 spiro atoms. The van der Waals surface area contributed by atoms with Gasteiger partial charge in [-0.15, -0.1) is 10.2 Å². The largest absolute Gasteiger partial charge is 0.486 e. The lowest BCUT2D eigenvalue weighted by molar-refractivity contribution is 0.199. The number of nitrogens with one attached hydrogen (secondary N) is 1. The van der Waals surface area contributed by atoms with Gasteiger partial charge in [0.1, 0.15) is 18.7 Å². The Hall–Kier alpha value is -1.92. The summed E-state index contributed by atoms with van der Waals surface area (Å²) < 4.78 is 12.5. The highest BCUT2D eigenvalue weighted by Crippen LogP contribution is 2.13. The first-order valence-corrected chi connectivity index (χ1v) is 6.54. The summed E-state index contributed by atoms with van der Waals surface area (Å²) in [5.74, 6) is 1.63. The number of aryl methyl sites for hydroxylation is 1. The second-order valence-corrected chi connectivity index (χ2v) is 4.46. The molecule has 0 radical (unpaired) electrons. The number of hydrogen-bond donors (Lipinski definition) is 1. The van der Waals surface area contributed by atoms with Gasteiger partial charge in [-0.2, -0.15) is 0 Å². The van der Waals surface area contributed by atoms with Crippen LogP contribution in [0, 0.1) is 0 Å². The lowest BCUT2D eigenvalue weighted by Gasteiger charge is -2.07. The molecule has 0 amide bonds. The average Bonchev–Trinajstić information content (AvgIpc) is 2.88. The third-order valence-electron chi connectivity index (χ3n) is 2.91. The molecule has 1 N–H and O–H groups in total. The van der Waals surface area contributed by atoms with E-state index in [1.54, 1.807) is 13.4 Å². The maximum absolute atomic E-state index is 5.67. The van der Waals surface area contributed by atoms with E-state index in [9.17, 15) is 0 Å². The van der Waals surface area contributed by atoms with Gasteiger partial charge >= 0.3 is 0 Å². The van der Waals surface area contributed by atoms with Crippen LogP contribution in [-0.4, -0.2) is 35.0 Å². The topological polar surface area (TPSA) is 61.2 Å². The molecule has 6 heteroatoms. The van der Waals surface area contributed by atoms with Crippen molar-refractivity contribution in [3.8, 4) is 5.75 Å². The molecule has 6 nitrogen and oxygen atoms in total. The number of methoxy groups -OCH3 is 1. The highest BCUT2D eigenvalue weighted by molar-refractivity contribution is 5.27. The van der Waals surface area contributed by atoms with Crippen LogP contribution in [0.2, 0.25) is 0 Å². The molecule has 0 unspecified atom stereocenters. The molecule has 0 aliphatic carbocycles. The lowest BCUT2D eigenvalue weighted by atomic mass is 10.2. The van der Waals surface area contributed by atoms with Crippen LogP contribution < -0.4 is 10.1 Å². The van der Waals surface area contributed by atoms with E-state index in [-0.39, 0.29) is 0 Å². The molecular formula is C14H20N4O2. The van der Waals surface area contributed by atoms with Crippen molar-refractivity contribution in [3.63, 3.8) is 0 Å². The summed E-state index contributed by atoms with van der Waals surface area (Å²) in [7, 11) is 3.60. The maximum atomic E-state index is 5.67. The Morgan fingerprint density at radius 2 is 2.05 bits per heavy atom. The van der Waals surface area contributed by atoms with Crippen LogP contribution in [0.1, 0.15) is 11.4 Å². The molecule has 0 aliphatic heterocycles. The number of rotatable bonds is 8. The quantitative estimate of drug-likeness (QED) is 0.732. The molecule has 1 aromatic heterocycles. The lowest BCUT2D eigenvalue weighted by Crippen LogP contribution is -2.18. The third kappa shape index (κ3) is 4.32. The van der Waals surface area contributed by atoms with Gasteiger partial charge in [-0.1, -0.05) is 12.1 Å². The van der Waals surface area contributed by atoms with Gasteiger partial charge in [0.05, 0.1) is 6.61 Å². The average molecular weight is 276 g/mol. The summed E-state index contributed by atoms with van der Waals surface area (Å²) in [6.45, 7) is 2.81. The van der Waals surface area contributed by atoms with Crippen molar-refractivity contribution in [2.45, 2.75) is 13.2 Å². The summed E-state index contributed by atoms with van der Waals surface area (Å²) in [6.07, 6.45) is 1.66. The Kier molecular flexibility index (Phi) is 5.52. The van der Waals surface area contributed by atoms with Gasteiger partial charge in [-0.05, 0) is 17.7 Å². The molecule has 1 heterocycles. The van der Waals surface area contributed by atoms with E-state index in [2.05, 4.69) is 15.5 Å². The minimum atomic E-state index is 0.419. The van der Waals surface area contributed by atoms with Gasteiger partial charge in [0.2, 0.25) is 0 Å². The Morgan fingerprint density at radius 1 is 1.25 bits per heavy atom. The third-order valence-corrected chi connectivity index (χ3v) is 2.91. The van der Waals surface area contributed by atoms with E-state index in [0.29, 0.717) is 6.61 Å². The van der Waals surface area contributed by atoms with Crippen molar-refractivity contribution in [2.75, 3.05) is 20.3 Å². The Bertz CT molecular complexity index is 510. The van der Waals surface area contributed by atoms with Crippen molar-refractivity contribution in [3.05, 3.63) is 42.0 Å². The van der Waals surface area contributed by atoms with Gasteiger partial charge < -0.3 is 19.4 Å². The van der Waals surface area contributed by atoms with E-state index >= 15 is 0 Å². The zero-order chi connectivity index (χ0) is 14.2. The minimum Gasteiger partial charge on any atom is -0.486 e. The van der Waals surface area contributed by atoms with E-state index in [1.807, 2.05) is 35.9 Å². The van der Waals surface area contributed by atoms with Crippen molar-refractivity contribution in [2.24, 2.45) is 7.05 Å². The molecule has 0 saturated heterocycles. The summed E-state index contributed by atoms with van der Waals surface area (Å²) >= 11 is 0. The summed E-state index contributed by atoms with van der Waals surface area (Å²) in [6, 6.07) is 8.02. The Morgan fingerprint density at radius 3 is 2.70 bits per heavy atom. The number of hydrogen-bond acceptors (Lipinski definition) is 5. The van der Waals surface area contributed by atoms with Crippen molar-refractivity contribution < 1.29 is 9.47 Å². The van der Waals surface area contributed by atoms with Crippen LogP contribution in [-0.2, 0) is 24.9 Å².